The topological polar surface area (TPSA) is 15.6 Å². The van der Waals surface area contributed by atoms with Crippen LogP contribution in [0, 0.1) is 0 Å². The minimum Gasteiger partial charge on any atom is -0.353 e. The van der Waals surface area contributed by atoms with Gasteiger partial charge in [0.05, 0.1) is 11.7 Å². The van der Waals surface area contributed by atoms with Crippen LogP contribution < -0.4 is 0 Å². The Labute approximate surface area is 130 Å². The molecule has 2 aliphatic rings. The van der Waals surface area contributed by atoms with Crippen molar-refractivity contribution in [3.63, 3.8) is 0 Å². The Bertz CT molecular complexity index is 736. The number of halogens is 1. The van der Waals surface area contributed by atoms with E-state index in [4.69, 9.17) is 16.6 Å². The molecule has 0 amide bonds. The van der Waals surface area contributed by atoms with Crippen molar-refractivity contribution in [3.8, 4) is 0 Å². The van der Waals surface area contributed by atoms with Crippen molar-refractivity contribution >= 4 is 23.1 Å². The summed E-state index contributed by atoms with van der Waals surface area (Å²) < 4.78 is 0. The molecule has 2 aromatic rings. The zero-order chi connectivity index (χ0) is 14.4. The summed E-state index contributed by atoms with van der Waals surface area (Å²) in [5, 5.41) is 0.835. The third kappa shape index (κ3) is 2.14. The van der Waals surface area contributed by atoms with Gasteiger partial charge >= 0.3 is 0 Å². The molecule has 0 aromatic heterocycles. The fourth-order valence-corrected chi connectivity index (χ4v) is 3.72. The highest BCUT2D eigenvalue weighted by molar-refractivity contribution is 6.30. The molecule has 0 saturated heterocycles. The van der Waals surface area contributed by atoms with Crippen molar-refractivity contribution in [1.29, 1.82) is 0 Å². The summed E-state index contributed by atoms with van der Waals surface area (Å²) in [6, 6.07) is 15.2. The molecule has 2 aliphatic heterocycles. The zero-order valence-electron chi connectivity index (χ0n) is 12.0. The van der Waals surface area contributed by atoms with Gasteiger partial charge in [0.25, 0.3) is 0 Å². The molecule has 0 saturated carbocycles. The Balaban J connectivity index is 1.85. The maximum Gasteiger partial charge on any atom is 0.102 e. The fraction of sp³-hybridized carbons (Fsp3) is 0.278. The number of para-hydroxylation sites is 1. The van der Waals surface area contributed by atoms with Crippen molar-refractivity contribution in [2.75, 3.05) is 6.54 Å². The molecule has 2 heterocycles. The quantitative estimate of drug-likeness (QED) is 0.696. The van der Waals surface area contributed by atoms with E-state index in [1.54, 1.807) is 0 Å². The Hall–Kier alpha value is -1.80. The molecule has 3 heteroatoms. The molecule has 1 atom stereocenters. The average Bonchev–Trinajstić information content (AvgIpc) is 2.62. The summed E-state index contributed by atoms with van der Waals surface area (Å²) in [6.45, 7) is 3.14. The molecule has 2 nitrogen and oxygen atoms in total. The van der Waals surface area contributed by atoms with Crippen LogP contribution in [0.2, 0.25) is 5.02 Å². The Morgan fingerprint density at radius 3 is 2.90 bits per heavy atom. The molecule has 4 rings (SSSR count). The lowest BCUT2D eigenvalue weighted by Gasteiger charge is -2.37. The first kappa shape index (κ1) is 12.9. The molecule has 0 bridgehead atoms. The summed E-state index contributed by atoms with van der Waals surface area (Å²) in [5.41, 5.74) is 5.22. The molecule has 0 spiro atoms. The number of benzene rings is 2. The summed E-state index contributed by atoms with van der Waals surface area (Å²) in [6.07, 6.45) is 2.04. The Kier molecular flexibility index (Phi) is 3.00. The van der Waals surface area contributed by atoms with Gasteiger partial charge in [0, 0.05) is 11.6 Å². The highest BCUT2D eigenvalue weighted by atomic mass is 35.5. The monoisotopic (exact) mass is 296 g/mol. The number of aliphatic imine (C=N–C) groups is 1. The first-order valence-electron chi connectivity index (χ1n) is 7.40. The van der Waals surface area contributed by atoms with Crippen LogP contribution in [0.3, 0.4) is 0 Å². The normalized spacial score (nSPS) is 20.0. The Morgan fingerprint density at radius 1 is 1.14 bits per heavy atom. The highest BCUT2D eigenvalue weighted by Crippen LogP contribution is 2.38. The second kappa shape index (κ2) is 4.88. The highest BCUT2D eigenvalue weighted by Gasteiger charge is 2.30. The van der Waals surface area contributed by atoms with Crippen LogP contribution in [0.25, 0.3) is 0 Å². The lowest BCUT2D eigenvalue weighted by atomic mass is 9.88. The lowest BCUT2D eigenvalue weighted by Crippen LogP contribution is -2.39. The molecule has 0 N–H and O–H groups in total. The molecule has 21 heavy (non-hydrogen) atoms. The van der Waals surface area contributed by atoms with Crippen LogP contribution in [0.15, 0.2) is 47.5 Å². The van der Waals surface area contributed by atoms with Crippen molar-refractivity contribution in [2.24, 2.45) is 4.99 Å². The first-order chi connectivity index (χ1) is 10.2. The van der Waals surface area contributed by atoms with Gasteiger partial charge in [-0.05, 0) is 54.7 Å². The third-order valence-corrected chi connectivity index (χ3v) is 4.80. The van der Waals surface area contributed by atoms with Gasteiger partial charge in [0.1, 0.15) is 5.84 Å². The second-order valence-corrected chi connectivity index (χ2v) is 6.23. The van der Waals surface area contributed by atoms with Gasteiger partial charge in [-0.1, -0.05) is 35.9 Å². The number of hydrogen-bond acceptors (Lipinski definition) is 2. The smallest absolute Gasteiger partial charge is 0.102 e. The van der Waals surface area contributed by atoms with Gasteiger partial charge in [-0.25, -0.2) is 4.99 Å². The van der Waals surface area contributed by atoms with Gasteiger partial charge in [0.15, 0.2) is 0 Å². The van der Waals surface area contributed by atoms with Crippen LogP contribution in [-0.4, -0.2) is 17.3 Å². The van der Waals surface area contributed by atoms with Crippen molar-refractivity contribution < 1.29 is 0 Å². The van der Waals surface area contributed by atoms with Crippen LogP contribution in [0.1, 0.15) is 29.7 Å². The predicted molar refractivity (Wildman–Crippen MR) is 87.5 cm³/mol. The second-order valence-electron chi connectivity index (χ2n) is 5.79. The van der Waals surface area contributed by atoms with E-state index in [-0.39, 0.29) is 0 Å². The number of fused-ring (bicyclic) bond motifs is 4. The van der Waals surface area contributed by atoms with E-state index in [1.807, 2.05) is 6.07 Å². The third-order valence-electron chi connectivity index (χ3n) is 4.57. The van der Waals surface area contributed by atoms with Crippen molar-refractivity contribution in [2.45, 2.75) is 25.8 Å². The standard InChI is InChI=1S/C18H17ClN2/c1-12-20-17-5-3-2-4-14(17)11-18-16-7-6-15(19)10-13(16)8-9-21(12)18/h2-7,10,18H,8-9,11H2,1H3. The fourth-order valence-electron chi connectivity index (χ4n) is 3.53. The van der Waals surface area contributed by atoms with Gasteiger partial charge in [-0.3, -0.25) is 0 Å². The average molecular weight is 297 g/mol. The van der Waals surface area contributed by atoms with E-state index >= 15 is 0 Å². The Morgan fingerprint density at radius 2 is 2.00 bits per heavy atom. The maximum absolute atomic E-state index is 6.16. The van der Waals surface area contributed by atoms with Gasteiger partial charge in [0.2, 0.25) is 0 Å². The van der Waals surface area contributed by atoms with E-state index in [1.165, 1.54) is 16.7 Å². The van der Waals surface area contributed by atoms with E-state index in [9.17, 15) is 0 Å². The molecule has 0 aliphatic carbocycles. The van der Waals surface area contributed by atoms with E-state index in [0.717, 1.165) is 35.9 Å². The molecule has 106 valence electrons. The molecule has 0 fully saturated rings. The van der Waals surface area contributed by atoms with Gasteiger partial charge in [-0.2, -0.15) is 0 Å². The van der Waals surface area contributed by atoms with Crippen molar-refractivity contribution in [1.82, 2.24) is 4.90 Å². The number of hydrogen-bond donors (Lipinski definition) is 0. The van der Waals surface area contributed by atoms with Crippen LogP contribution in [-0.2, 0) is 12.8 Å². The summed E-state index contributed by atoms with van der Waals surface area (Å²) in [4.78, 5) is 7.27. The number of nitrogens with zero attached hydrogens (tertiary/aromatic N) is 2. The van der Waals surface area contributed by atoms with E-state index in [0.29, 0.717) is 6.04 Å². The SMILES string of the molecule is CC1=Nc2ccccc2CC2c3ccc(Cl)cc3CCN12. The lowest BCUT2D eigenvalue weighted by molar-refractivity contribution is 0.298. The molecule has 1 unspecified atom stereocenters. The van der Waals surface area contributed by atoms with Gasteiger partial charge in [-0.15, -0.1) is 0 Å². The summed E-state index contributed by atoms with van der Waals surface area (Å²) in [5.74, 6) is 1.12. The van der Waals surface area contributed by atoms with E-state index in [2.05, 4.69) is 48.2 Å². The van der Waals surface area contributed by atoms with E-state index < -0.39 is 0 Å². The minimum absolute atomic E-state index is 0.374. The molecular weight excluding hydrogens is 280 g/mol. The number of amidine groups is 1. The molecule has 2 aromatic carbocycles. The predicted octanol–water partition coefficient (Wildman–Crippen LogP) is 4.55. The zero-order valence-corrected chi connectivity index (χ0v) is 12.8. The van der Waals surface area contributed by atoms with Crippen LogP contribution in [0.5, 0.6) is 0 Å². The summed E-state index contributed by atoms with van der Waals surface area (Å²) >= 11 is 6.16. The molecule has 0 radical (unpaired) electrons. The molecular formula is C18H17ClN2. The van der Waals surface area contributed by atoms with Crippen LogP contribution in [0.4, 0.5) is 5.69 Å². The minimum atomic E-state index is 0.374. The largest absolute Gasteiger partial charge is 0.353 e. The first-order valence-corrected chi connectivity index (χ1v) is 7.78. The van der Waals surface area contributed by atoms with Crippen LogP contribution >= 0.6 is 11.6 Å². The van der Waals surface area contributed by atoms with Gasteiger partial charge < -0.3 is 4.90 Å². The summed E-state index contributed by atoms with van der Waals surface area (Å²) in [7, 11) is 0. The maximum atomic E-state index is 6.16. The number of rotatable bonds is 0. The van der Waals surface area contributed by atoms with Crippen molar-refractivity contribution in [3.05, 3.63) is 64.2 Å².